The van der Waals surface area contributed by atoms with Gasteiger partial charge in [0.05, 0.1) is 13.2 Å². The van der Waals surface area contributed by atoms with Gasteiger partial charge in [0.15, 0.2) is 15.2 Å². The third-order valence-corrected chi connectivity index (χ3v) is 4.33. The van der Waals surface area contributed by atoms with Gasteiger partial charge in [-0.2, -0.15) is 0 Å². The Morgan fingerprint density at radius 1 is 1.50 bits per heavy atom. The molecule has 1 saturated carbocycles. The lowest BCUT2D eigenvalue weighted by atomic mass is 9.93. The maximum atomic E-state index is 11.4. The largest absolute Gasteiger partial charge is 0.465 e. The number of hydrogen-bond donors (Lipinski definition) is 2. The molecule has 1 aliphatic rings. The number of rotatable bonds is 3. The van der Waals surface area contributed by atoms with Gasteiger partial charge in [-0.1, -0.05) is 22.9 Å². The summed E-state index contributed by atoms with van der Waals surface area (Å²) in [6, 6.07) is 0.279. The predicted molar refractivity (Wildman–Crippen MR) is 70.3 cm³/mol. The fraction of sp³-hybridized carbons (Fsp3) is 0.636. The molecular formula is C11H15ClN2O3S. The SMILES string of the molecule is COC(=O)c1sc(NC2CCC(O)CC2)nc1Cl. The van der Waals surface area contributed by atoms with Crippen LogP contribution >= 0.6 is 22.9 Å². The maximum Gasteiger partial charge on any atom is 0.351 e. The van der Waals surface area contributed by atoms with Crippen molar-refractivity contribution in [1.82, 2.24) is 4.98 Å². The Morgan fingerprint density at radius 3 is 2.78 bits per heavy atom. The van der Waals surface area contributed by atoms with Gasteiger partial charge >= 0.3 is 5.97 Å². The smallest absolute Gasteiger partial charge is 0.351 e. The number of nitrogens with one attached hydrogen (secondary N) is 1. The molecule has 0 saturated heterocycles. The first-order valence-electron chi connectivity index (χ1n) is 5.79. The highest BCUT2D eigenvalue weighted by molar-refractivity contribution is 7.18. The van der Waals surface area contributed by atoms with Gasteiger partial charge in [0.1, 0.15) is 0 Å². The van der Waals surface area contributed by atoms with Crippen molar-refractivity contribution in [3.05, 3.63) is 10.0 Å². The van der Waals surface area contributed by atoms with E-state index in [2.05, 4.69) is 15.0 Å². The number of methoxy groups -OCH3 is 1. The minimum atomic E-state index is -0.468. The highest BCUT2D eigenvalue weighted by Crippen LogP contribution is 2.30. The van der Waals surface area contributed by atoms with Gasteiger partial charge < -0.3 is 15.2 Å². The highest BCUT2D eigenvalue weighted by atomic mass is 35.5. The lowest BCUT2D eigenvalue weighted by Crippen LogP contribution is -2.28. The number of esters is 1. The summed E-state index contributed by atoms with van der Waals surface area (Å²) in [5, 5.41) is 13.5. The van der Waals surface area contributed by atoms with Crippen LogP contribution in [0.5, 0.6) is 0 Å². The van der Waals surface area contributed by atoms with Crippen LogP contribution in [0.1, 0.15) is 35.4 Å². The Hall–Kier alpha value is -0.850. The van der Waals surface area contributed by atoms with Crippen LogP contribution in [-0.4, -0.2) is 35.3 Å². The van der Waals surface area contributed by atoms with Crippen molar-refractivity contribution < 1.29 is 14.6 Å². The van der Waals surface area contributed by atoms with E-state index in [4.69, 9.17) is 11.6 Å². The van der Waals surface area contributed by atoms with Crippen LogP contribution in [0.4, 0.5) is 5.13 Å². The molecule has 1 fully saturated rings. The second-order valence-corrected chi connectivity index (χ2v) is 5.64. The van der Waals surface area contributed by atoms with Crippen molar-refractivity contribution in [1.29, 1.82) is 0 Å². The molecule has 0 aromatic carbocycles. The minimum absolute atomic E-state index is 0.171. The van der Waals surface area contributed by atoms with Crippen LogP contribution in [0.3, 0.4) is 0 Å². The number of anilines is 1. The summed E-state index contributed by atoms with van der Waals surface area (Å²) in [5.41, 5.74) is 0. The molecule has 1 aromatic heterocycles. The average Bonchev–Trinajstić information content (AvgIpc) is 2.72. The van der Waals surface area contributed by atoms with E-state index in [1.54, 1.807) is 0 Å². The van der Waals surface area contributed by atoms with Crippen LogP contribution in [0.2, 0.25) is 5.15 Å². The van der Waals surface area contributed by atoms with Crippen molar-refractivity contribution in [2.24, 2.45) is 0 Å². The molecule has 18 heavy (non-hydrogen) atoms. The van der Waals surface area contributed by atoms with Crippen LogP contribution < -0.4 is 5.32 Å². The number of halogens is 1. The monoisotopic (exact) mass is 290 g/mol. The van der Waals surface area contributed by atoms with Gasteiger partial charge in [-0.15, -0.1) is 0 Å². The minimum Gasteiger partial charge on any atom is -0.465 e. The molecule has 1 aromatic rings. The van der Waals surface area contributed by atoms with E-state index >= 15 is 0 Å². The summed E-state index contributed by atoms with van der Waals surface area (Å²) in [4.78, 5) is 15.8. The van der Waals surface area contributed by atoms with E-state index in [1.165, 1.54) is 18.4 Å². The van der Waals surface area contributed by atoms with E-state index in [9.17, 15) is 9.90 Å². The van der Waals surface area contributed by atoms with Crippen molar-refractivity contribution in [2.45, 2.75) is 37.8 Å². The molecule has 0 unspecified atom stereocenters. The standard InChI is InChI=1S/C11H15ClN2O3S/c1-17-10(16)8-9(12)14-11(18-8)13-6-2-4-7(15)5-3-6/h6-7,15H,2-5H2,1H3,(H,13,14). The number of hydrogen-bond acceptors (Lipinski definition) is 6. The summed E-state index contributed by atoms with van der Waals surface area (Å²) in [7, 11) is 1.31. The maximum absolute atomic E-state index is 11.4. The third-order valence-electron chi connectivity index (χ3n) is 2.98. The van der Waals surface area contributed by atoms with Gasteiger partial charge in [0.2, 0.25) is 0 Å². The molecular weight excluding hydrogens is 276 g/mol. The summed E-state index contributed by atoms with van der Waals surface area (Å²) >= 11 is 7.07. The number of ether oxygens (including phenoxy) is 1. The molecule has 0 radical (unpaired) electrons. The fourth-order valence-corrected chi connectivity index (χ4v) is 3.16. The van der Waals surface area contributed by atoms with E-state index in [1.807, 2.05) is 0 Å². The molecule has 2 rings (SSSR count). The number of aliphatic hydroxyl groups is 1. The Labute approximate surface area is 114 Å². The van der Waals surface area contributed by atoms with Crippen molar-refractivity contribution in [3.8, 4) is 0 Å². The molecule has 1 heterocycles. The quantitative estimate of drug-likeness (QED) is 0.836. The molecule has 2 N–H and O–H groups in total. The van der Waals surface area contributed by atoms with E-state index in [-0.39, 0.29) is 17.3 Å². The Bertz CT molecular complexity index is 430. The zero-order chi connectivity index (χ0) is 13.1. The van der Waals surface area contributed by atoms with E-state index in [0.29, 0.717) is 10.0 Å². The molecule has 1 aliphatic carbocycles. The zero-order valence-corrected chi connectivity index (χ0v) is 11.6. The number of thiazole rings is 1. The number of carbonyl (C=O) groups excluding carboxylic acids is 1. The number of aliphatic hydroxyl groups excluding tert-OH is 1. The average molecular weight is 291 g/mol. The van der Waals surface area contributed by atoms with Gasteiger partial charge in [0.25, 0.3) is 0 Å². The van der Waals surface area contributed by atoms with Gasteiger partial charge in [-0.25, -0.2) is 9.78 Å². The summed E-state index contributed by atoms with van der Waals surface area (Å²) in [6.45, 7) is 0. The Morgan fingerprint density at radius 2 is 2.17 bits per heavy atom. The molecule has 0 bridgehead atoms. The number of carbonyl (C=O) groups is 1. The Kier molecular flexibility index (Phi) is 4.42. The molecule has 7 heteroatoms. The molecule has 0 amide bonds. The highest BCUT2D eigenvalue weighted by Gasteiger charge is 2.22. The molecule has 100 valence electrons. The first kappa shape index (κ1) is 13.6. The molecule has 0 atom stereocenters. The summed E-state index contributed by atoms with van der Waals surface area (Å²) in [5.74, 6) is -0.468. The van der Waals surface area contributed by atoms with Gasteiger partial charge in [-0.05, 0) is 25.7 Å². The molecule has 0 aliphatic heterocycles. The second-order valence-electron chi connectivity index (χ2n) is 4.28. The van der Waals surface area contributed by atoms with Gasteiger partial charge in [0, 0.05) is 6.04 Å². The lowest BCUT2D eigenvalue weighted by Gasteiger charge is -2.25. The predicted octanol–water partition coefficient (Wildman–Crippen LogP) is 2.30. The summed E-state index contributed by atoms with van der Waals surface area (Å²) in [6.07, 6.45) is 3.19. The van der Waals surface area contributed by atoms with E-state index in [0.717, 1.165) is 25.7 Å². The number of nitrogens with zero attached hydrogens (tertiary/aromatic N) is 1. The van der Waals surface area contributed by atoms with Crippen molar-refractivity contribution in [3.63, 3.8) is 0 Å². The normalized spacial score (nSPS) is 23.7. The first-order valence-corrected chi connectivity index (χ1v) is 6.99. The van der Waals surface area contributed by atoms with Crippen molar-refractivity contribution >= 4 is 34.0 Å². The zero-order valence-electron chi connectivity index (χ0n) is 9.98. The van der Waals surface area contributed by atoms with Gasteiger partial charge in [-0.3, -0.25) is 0 Å². The van der Waals surface area contributed by atoms with E-state index < -0.39 is 5.97 Å². The molecule has 0 spiro atoms. The van der Waals surface area contributed by atoms with Crippen LogP contribution in [-0.2, 0) is 4.74 Å². The second kappa shape index (κ2) is 5.86. The topological polar surface area (TPSA) is 71.5 Å². The summed E-state index contributed by atoms with van der Waals surface area (Å²) < 4.78 is 4.62. The van der Waals surface area contributed by atoms with Crippen LogP contribution in [0, 0.1) is 0 Å². The Balaban J connectivity index is 2.00. The number of aromatic nitrogens is 1. The third kappa shape index (κ3) is 3.13. The molecule has 5 nitrogen and oxygen atoms in total. The van der Waals surface area contributed by atoms with Crippen molar-refractivity contribution in [2.75, 3.05) is 12.4 Å². The first-order chi connectivity index (χ1) is 8.60. The fourth-order valence-electron chi connectivity index (χ4n) is 1.98. The van der Waals surface area contributed by atoms with Crippen LogP contribution in [0.15, 0.2) is 0 Å². The van der Waals surface area contributed by atoms with Crippen LogP contribution in [0.25, 0.3) is 0 Å². The lowest BCUT2D eigenvalue weighted by molar-refractivity contribution is 0.0606.